The Kier molecular flexibility index (Phi) is 7.06. The molecule has 0 aliphatic carbocycles. The van der Waals surface area contributed by atoms with E-state index in [9.17, 15) is 14.4 Å². The third-order valence-electron chi connectivity index (χ3n) is 5.69. The molecule has 3 aromatic rings. The molecule has 0 bridgehead atoms. The van der Waals surface area contributed by atoms with Gasteiger partial charge in [-0.15, -0.1) is 0 Å². The van der Waals surface area contributed by atoms with E-state index in [0.29, 0.717) is 22.5 Å². The Hall–Kier alpha value is -4.26. The number of carbonyl (C=O) groups excluding carboxylic acids is 3. The third-order valence-corrected chi connectivity index (χ3v) is 5.69. The SMILES string of the molecule is Cc1ccccc1C(=O)CN1C(=O)C(NC(=O)NC(C)C)N=C(c2ccccc2)c2ccccc21. The van der Waals surface area contributed by atoms with Gasteiger partial charge < -0.3 is 15.5 Å². The van der Waals surface area contributed by atoms with E-state index in [2.05, 4.69) is 10.6 Å². The number of benzodiazepines with no additional fused rings is 1. The van der Waals surface area contributed by atoms with E-state index in [-0.39, 0.29) is 18.4 Å². The molecule has 0 fully saturated rings. The second kappa shape index (κ2) is 10.3. The molecule has 0 spiro atoms. The lowest BCUT2D eigenvalue weighted by Crippen LogP contribution is -2.52. The van der Waals surface area contributed by atoms with Gasteiger partial charge in [0.1, 0.15) is 0 Å². The van der Waals surface area contributed by atoms with Gasteiger partial charge in [0, 0.05) is 22.7 Å². The number of hydrogen-bond acceptors (Lipinski definition) is 4. The second-order valence-corrected chi connectivity index (χ2v) is 8.70. The topological polar surface area (TPSA) is 90.9 Å². The molecular weight excluding hydrogens is 440 g/mol. The average Bonchev–Trinajstić information content (AvgIpc) is 2.95. The summed E-state index contributed by atoms with van der Waals surface area (Å²) in [5.74, 6) is -0.677. The number of rotatable bonds is 6. The van der Waals surface area contributed by atoms with Gasteiger partial charge >= 0.3 is 6.03 Å². The smallest absolute Gasteiger partial charge is 0.317 e. The lowest BCUT2D eigenvalue weighted by molar-refractivity contribution is -0.120. The standard InChI is InChI=1S/C28H28N4O3/c1-18(2)29-28(35)31-26-27(34)32(17-24(33)21-14-8-7-11-19(21)3)23-16-10-9-15-22(23)25(30-26)20-12-5-4-6-13-20/h4-16,18,26H,17H2,1-3H3,(H2,29,31,35). The second-order valence-electron chi connectivity index (χ2n) is 8.70. The first-order valence-corrected chi connectivity index (χ1v) is 11.5. The number of aliphatic imine (C=N–C) groups is 1. The maximum absolute atomic E-state index is 13.8. The van der Waals surface area contributed by atoms with Crippen molar-refractivity contribution in [3.8, 4) is 0 Å². The minimum atomic E-state index is -1.21. The van der Waals surface area contributed by atoms with Gasteiger partial charge in [0.05, 0.1) is 17.9 Å². The molecule has 3 aromatic carbocycles. The van der Waals surface area contributed by atoms with Gasteiger partial charge in [0.15, 0.2) is 5.78 Å². The van der Waals surface area contributed by atoms with Crippen LogP contribution in [-0.4, -0.2) is 42.2 Å². The fourth-order valence-corrected chi connectivity index (χ4v) is 4.06. The van der Waals surface area contributed by atoms with Gasteiger partial charge in [-0.25, -0.2) is 9.79 Å². The molecule has 1 unspecified atom stereocenters. The number of carbonyl (C=O) groups is 3. The highest BCUT2D eigenvalue weighted by atomic mass is 16.2. The van der Waals surface area contributed by atoms with E-state index >= 15 is 0 Å². The Morgan fingerprint density at radius 2 is 1.60 bits per heavy atom. The number of anilines is 1. The number of amides is 3. The molecule has 178 valence electrons. The summed E-state index contributed by atoms with van der Waals surface area (Å²) >= 11 is 0. The number of Topliss-reactive ketones (excluding diaryl/α,β-unsaturated/α-hetero) is 1. The highest BCUT2D eigenvalue weighted by Crippen LogP contribution is 2.28. The molecule has 0 saturated carbocycles. The Morgan fingerprint density at radius 3 is 2.31 bits per heavy atom. The molecule has 35 heavy (non-hydrogen) atoms. The zero-order chi connectivity index (χ0) is 24.9. The minimum absolute atomic E-state index is 0.121. The van der Waals surface area contributed by atoms with Crippen molar-refractivity contribution in [1.82, 2.24) is 10.6 Å². The normalized spacial score (nSPS) is 15.2. The predicted octanol–water partition coefficient (Wildman–Crippen LogP) is 4.10. The van der Waals surface area contributed by atoms with E-state index < -0.39 is 18.1 Å². The molecular formula is C28H28N4O3. The molecule has 0 radical (unpaired) electrons. The number of nitrogens with one attached hydrogen (secondary N) is 2. The van der Waals surface area contributed by atoms with Crippen LogP contribution >= 0.6 is 0 Å². The Bertz CT molecular complexity index is 1280. The Balaban J connectivity index is 1.80. The first-order chi connectivity index (χ1) is 16.8. The van der Waals surface area contributed by atoms with Crippen LogP contribution in [0.4, 0.5) is 10.5 Å². The fourth-order valence-electron chi connectivity index (χ4n) is 4.06. The van der Waals surface area contributed by atoms with E-state index in [0.717, 1.165) is 11.1 Å². The van der Waals surface area contributed by atoms with Crippen LogP contribution in [0.15, 0.2) is 83.9 Å². The molecule has 2 N–H and O–H groups in total. The predicted molar refractivity (Wildman–Crippen MR) is 137 cm³/mol. The monoisotopic (exact) mass is 468 g/mol. The number of para-hydroxylation sites is 1. The summed E-state index contributed by atoms with van der Waals surface area (Å²) in [4.78, 5) is 45.8. The molecule has 7 nitrogen and oxygen atoms in total. The van der Waals surface area contributed by atoms with Crippen LogP contribution in [0, 0.1) is 6.92 Å². The summed E-state index contributed by atoms with van der Waals surface area (Å²) < 4.78 is 0. The van der Waals surface area contributed by atoms with Crippen molar-refractivity contribution in [3.05, 3.63) is 101 Å². The van der Waals surface area contributed by atoms with Gasteiger partial charge in [-0.3, -0.25) is 9.59 Å². The van der Waals surface area contributed by atoms with Crippen LogP contribution in [0.25, 0.3) is 0 Å². The molecule has 1 atom stereocenters. The Labute approximate surface area is 204 Å². The van der Waals surface area contributed by atoms with Crippen molar-refractivity contribution in [2.75, 3.05) is 11.4 Å². The quantitative estimate of drug-likeness (QED) is 0.534. The molecule has 7 heteroatoms. The van der Waals surface area contributed by atoms with Crippen molar-refractivity contribution in [2.24, 2.45) is 4.99 Å². The van der Waals surface area contributed by atoms with Gasteiger partial charge in [-0.1, -0.05) is 72.8 Å². The Morgan fingerprint density at radius 1 is 0.943 bits per heavy atom. The summed E-state index contributed by atoms with van der Waals surface area (Å²) in [7, 11) is 0. The number of urea groups is 1. The third kappa shape index (κ3) is 5.30. The van der Waals surface area contributed by atoms with Crippen LogP contribution in [0.2, 0.25) is 0 Å². The number of fused-ring (bicyclic) bond motifs is 1. The van der Waals surface area contributed by atoms with Crippen molar-refractivity contribution in [2.45, 2.75) is 33.0 Å². The largest absolute Gasteiger partial charge is 0.336 e. The molecule has 1 aliphatic heterocycles. The van der Waals surface area contributed by atoms with Crippen LogP contribution in [-0.2, 0) is 4.79 Å². The average molecular weight is 469 g/mol. The number of benzene rings is 3. The first kappa shape index (κ1) is 23.9. The number of nitrogens with zero attached hydrogens (tertiary/aromatic N) is 2. The van der Waals surface area contributed by atoms with Crippen LogP contribution < -0.4 is 15.5 Å². The van der Waals surface area contributed by atoms with Crippen LogP contribution in [0.3, 0.4) is 0 Å². The highest BCUT2D eigenvalue weighted by Gasteiger charge is 2.34. The fraction of sp³-hybridized carbons (Fsp3) is 0.214. The number of ketones is 1. The van der Waals surface area contributed by atoms with Gasteiger partial charge in [0.25, 0.3) is 5.91 Å². The zero-order valence-corrected chi connectivity index (χ0v) is 20.0. The molecule has 1 aliphatic rings. The first-order valence-electron chi connectivity index (χ1n) is 11.5. The van der Waals surface area contributed by atoms with Crippen LogP contribution in [0.5, 0.6) is 0 Å². The van der Waals surface area contributed by atoms with Gasteiger partial charge in [-0.05, 0) is 32.4 Å². The summed E-state index contributed by atoms with van der Waals surface area (Å²) in [6.45, 7) is 5.34. The molecule has 4 rings (SSSR count). The number of aryl methyl sites for hydroxylation is 1. The van der Waals surface area contributed by atoms with E-state index in [1.54, 1.807) is 18.2 Å². The van der Waals surface area contributed by atoms with Crippen molar-refractivity contribution < 1.29 is 14.4 Å². The highest BCUT2D eigenvalue weighted by molar-refractivity contribution is 6.21. The maximum Gasteiger partial charge on any atom is 0.317 e. The summed E-state index contributed by atoms with van der Waals surface area (Å²) in [6.07, 6.45) is -1.21. The minimum Gasteiger partial charge on any atom is -0.336 e. The van der Waals surface area contributed by atoms with Gasteiger partial charge in [-0.2, -0.15) is 0 Å². The van der Waals surface area contributed by atoms with Crippen LogP contribution in [0.1, 0.15) is 40.9 Å². The zero-order valence-electron chi connectivity index (χ0n) is 20.0. The molecule has 1 heterocycles. The molecule has 0 saturated heterocycles. The van der Waals surface area contributed by atoms with Crippen molar-refractivity contribution in [1.29, 1.82) is 0 Å². The molecule has 3 amide bonds. The lowest BCUT2D eigenvalue weighted by atomic mass is 9.99. The molecule has 0 aromatic heterocycles. The summed E-state index contributed by atoms with van der Waals surface area (Å²) in [5, 5.41) is 5.43. The van der Waals surface area contributed by atoms with Crippen molar-refractivity contribution >= 4 is 29.1 Å². The lowest BCUT2D eigenvalue weighted by Gasteiger charge is -2.25. The number of hydrogen-bond donors (Lipinski definition) is 2. The van der Waals surface area contributed by atoms with E-state index in [4.69, 9.17) is 4.99 Å². The van der Waals surface area contributed by atoms with E-state index in [1.807, 2.05) is 81.4 Å². The van der Waals surface area contributed by atoms with E-state index in [1.165, 1.54) is 4.90 Å². The summed E-state index contributed by atoms with van der Waals surface area (Å²) in [6, 6.07) is 23.5. The van der Waals surface area contributed by atoms with Gasteiger partial charge in [0.2, 0.25) is 6.17 Å². The summed E-state index contributed by atoms with van der Waals surface area (Å²) in [5.41, 5.74) is 4.02. The maximum atomic E-state index is 13.8. The van der Waals surface area contributed by atoms with Crippen molar-refractivity contribution in [3.63, 3.8) is 0 Å².